The molecule has 0 rings (SSSR count). The van der Waals surface area contributed by atoms with Gasteiger partial charge in [-0.05, 0) is 6.42 Å². The Morgan fingerprint density at radius 3 is 1.47 bits per heavy atom. The van der Waals surface area contributed by atoms with Gasteiger partial charge in [-0.1, -0.05) is 6.92 Å². The second kappa shape index (κ2) is 7.54. The maximum atomic E-state index is 11.6. The molecule has 0 aromatic heterocycles. The summed E-state index contributed by atoms with van der Waals surface area (Å²) in [4.78, 5) is 45.0. The molecule has 0 N–H and O–H groups in total. The summed E-state index contributed by atoms with van der Waals surface area (Å²) in [6.45, 7) is 1.63. The predicted octanol–water partition coefficient (Wildman–Crippen LogP) is 0.277. The average Bonchev–Trinajstić information content (AvgIpc) is 2.29. The van der Waals surface area contributed by atoms with Crippen molar-refractivity contribution >= 4 is 23.5 Å². The van der Waals surface area contributed by atoms with Crippen molar-refractivity contribution in [1.29, 1.82) is 0 Å². The number of hydrogen-bond donors (Lipinski definition) is 0. The number of rotatable bonds is 7. The van der Waals surface area contributed by atoms with Crippen LogP contribution < -0.4 is 0 Å². The zero-order chi connectivity index (χ0) is 13.4. The Kier molecular flexibility index (Phi) is 6.77. The highest BCUT2D eigenvalue weighted by molar-refractivity contribution is 6.11. The third-order valence-corrected chi connectivity index (χ3v) is 2.28. The zero-order valence-corrected chi connectivity index (χ0v) is 10.1. The van der Waals surface area contributed by atoms with Crippen molar-refractivity contribution in [3.63, 3.8) is 0 Å². The van der Waals surface area contributed by atoms with Crippen LogP contribution in [0.25, 0.3) is 0 Å². The first-order valence-corrected chi connectivity index (χ1v) is 5.15. The molecule has 0 saturated heterocycles. The molecule has 0 spiro atoms. The highest BCUT2D eigenvalue weighted by atomic mass is 16.5. The lowest BCUT2D eigenvalue weighted by atomic mass is 9.92. The van der Waals surface area contributed by atoms with E-state index in [-0.39, 0.29) is 6.42 Å². The van der Waals surface area contributed by atoms with Gasteiger partial charge in [0.05, 0.1) is 20.1 Å². The fraction of sp³-hybridized carbons (Fsp3) is 0.636. The molecule has 0 unspecified atom stereocenters. The highest BCUT2D eigenvalue weighted by Gasteiger charge is 2.28. The number of carbonyl (C=O) groups excluding carboxylic acids is 4. The minimum absolute atomic E-state index is 0.242. The molecule has 0 aromatic rings. The Bertz CT molecular complexity index is 290. The molecule has 17 heavy (non-hydrogen) atoms. The van der Waals surface area contributed by atoms with E-state index in [0.29, 0.717) is 0 Å². The maximum Gasteiger partial charge on any atom is 0.313 e. The number of ether oxygens (including phenoxy) is 2. The van der Waals surface area contributed by atoms with E-state index in [2.05, 4.69) is 9.47 Å². The number of ketones is 2. The van der Waals surface area contributed by atoms with E-state index in [1.807, 2.05) is 0 Å². The largest absolute Gasteiger partial charge is 0.469 e. The van der Waals surface area contributed by atoms with Gasteiger partial charge in [-0.2, -0.15) is 0 Å². The molecule has 0 aliphatic carbocycles. The summed E-state index contributed by atoms with van der Waals surface area (Å²) in [5, 5.41) is 0. The van der Waals surface area contributed by atoms with E-state index in [1.54, 1.807) is 6.92 Å². The molecule has 0 radical (unpaired) electrons. The first kappa shape index (κ1) is 15.3. The lowest BCUT2D eigenvalue weighted by molar-refractivity contribution is -0.146. The van der Waals surface area contributed by atoms with Gasteiger partial charge < -0.3 is 9.47 Å². The minimum atomic E-state index is -0.951. The van der Waals surface area contributed by atoms with Gasteiger partial charge in [-0.3, -0.25) is 19.2 Å². The summed E-state index contributed by atoms with van der Waals surface area (Å²) in [5.41, 5.74) is 0. The van der Waals surface area contributed by atoms with Crippen LogP contribution in [0.15, 0.2) is 0 Å². The van der Waals surface area contributed by atoms with Crippen LogP contribution in [0.3, 0.4) is 0 Å². The van der Waals surface area contributed by atoms with Gasteiger partial charge in [0, 0.05) is 0 Å². The summed E-state index contributed by atoms with van der Waals surface area (Å²) < 4.78 is 8.67. The third kappa shape index (κ3) is 5.24. The number of methoxy groups -OCH3 is 2. The number of esters is 2. The van der Waals surface area contributed by atoms with E-state index in [4.69, 9.17) is 0 Å². The Morgan fingerprint density at radius 1 is 0.882 bits per heavy atom. The van der Waals surface area contributed by atoms with E-state index < -0.39 is 42.3 Å². The third-order valence-electron chi connectivity index (χ3n) is 2.28. The number of Topliss-reactive ketones (excluding diaryl/α,β-unsaturated/α-hetero) is 2. The molecule has 0 atom stereocenters. The second-order valence-electron chi connectivity index (χ2n) is 3.40. The van der Waals surface area contributed by atoms with E-state index in [0.717, 1.165) is 14.2 Å². The van der Waals surface area contributed by atoms with Crippen LogP contribution in [0.1, 0.15) is 26.2 Å². The Labute approximate surface area is 99.3 Å². The molecule has 0 aliphatic rings. The van der Waals surface area contributed by atoms with Crippen LogP contribution in [0.2, 0.25) is 0 Å². The van der Waals surface area contributed by atoms with Crippen LogP contribution in [0.4, 0.5) is 0 Å². The van der Waals surface area contributed by atoms with Gasteiger partial charge in [-0.25, -0.2) is 0 Å². The monoisotopic (exact) mass is 244 g/mol. The second-order valence-corrected chi connectivity index (χ2v) is 3.40. The van der Waals surface area contributed by atoms with Crippen molar-refractivity contribution in [2.75, 3.05) is 14.2 Å². The van der Waals surface area contributed by atoms with Gasteiger partial charge in [0.2, 0.25) is 0 Å². The van der Waals surface area contributed by atoms with Crippen LogP contribution in [-0.4, -0.2) is 37.7 Å². The van der Waals surface area contributed by atoms with Crippen molar-refractivity contribution in [3.8, 4) is 0 Å². The Morgan fingerprint density at radius 2 is 1.24 bits per heavy atom. The summed E-state index contributed by atoms with van der Waals surface area (Å²) in [6.07, 6.45) is -0.671. The van der Waals surface area contributed by atoms with Crippen molar-refractivity contribution in [3.05, 3.63) is 0 Å². The van der Waals surface area contributed by atoms with Crippen molar-refractivity contribution < 1.29 is 28.7 Å². The molecule has 6 nitrogen and oxygen atoms in total. The number of hydrogen-bond acceptors (Lipinski definition) is 6. The molecule has 0 heterocycles. The fourth-order valence-corrected chi connectivity index (χ4v) is 1.31. The van der Waals surface area contributed by atoms with Crippen LogP contribution in [-0.2, 0) is 28.7 Å². The van der Waals surface area contributed by atoms with Crippen LogP contribution >= 0.6 is 0 Å². The fourth-order valence-electron chi connectivity index (χ4n) is 1.31. The minimum Gasteiger partial charge on any atom is -0.469 e. The SMILES string of the molecule is CCC(C(=O)CC(=O)OC)C(=O)CC(=O)OC. The smallest absolute Gasteiger partial charge is 0.313 e. The van der Waals surface area contributed by atoms with E-state index in [9.17, 15) is 19.2 Å². The van der Waals surface area contributed by atoms with Crippen molar-refractivity contribution in [2.45, 2.75) is 26.2 Å². The Balaban J connectivity index is 4.50. The summed E-state index contributed by atoms with van der Waals surface area (Å²) in [5.74, 6) is -3.41. The van der Waals surface area contributed by atoms with Crippen molar-refractivity contribution in [2.24, 2.45) is 5.92 Å². The molecule has 0 aliphatic heterocycles. The predicted molar refractivity (Wildman–Crippen MR) is 57.1 cm³/mol. The van der Waals surface area contributed by atoms with Gasteiger partial charge in [0.1, 0.15) is 12.8 Å². The first-order valence-electron chi connectivity index (χ1n) is 5.15. The quantitative estimate of drug-likeness (QED) is 0.472. The molecular weight excluding hydrogens is 228 g/mol. The Hall–Kier alpha value is -1.72. The molecule has 0 bridgehead atoms. The summed E-state index contributed by atoms with van der Waals surface area (Å²) in [7, 11) is 2.32. The van der Waals surface area contributed by atoms with E-state index >= 15 is 0 Å². The maximum absolute atomic E-state index is 11.6. The van der Waals surface area contributed by atoms with Gasteiger partial charge >= 0.3 is 11.9 Å². The lowest BCUT2D eigenvalue weighted by Gasteiger charge is -2.10. The van der Waals surface area contributed by atoms with Gasteiger partial charge in [0.15, 0.2) is 11.6 Å². The zero-order valence-electron chi connectivity index (χ0n) is 10.1. The summed E-state index contributed by atoms with van der Waals surface area (Å²) >= 11 is 0. The van der Waals surface area contributed by atoms with Crippen LogP contribution in [0, 0.1) is 5.92 Å². The van der Waals surface area contributed by atoms with Crippen LogP contribution in [0.5, 0.6) is 0 Å². The molecule has 6 heteroatoms. The molecule has 0 amide bonds. The first-order chi connectivity index (χ1) is 7.96. The molecule has 0 aromatic carbocycles. The highest BCUT2D eigenvalue weighted by Crippen LogP contribution is 2.11. The van der Waals surface area contributed by atoms with Crippen molar-refractivity contribution in [1.82, 2.24) is 0 Å². The van der Waals surface area contributed by atoms with Gasteiger partial charge in [-0.15, -0.1) is 0 Å². The average molecular weight is 244 g/mol. The lowest BCUT2D eigenvalue weighted by Crippen LogP contribution is -2.27. The molecular formula is C11H16O6. The van der Waals surface area contributed by atoms with Gasteiger partial charge in [0.25, 0.3) is 0 Å². The standard InChI is InChI=1S/C11H16O6/c1-4-7(8(12)5-10(14)16-2)9(13)6-11(15)17-3/h7H,4-6H2,1-3H3. The molecule has 0 fully saturated rings. The van der Waals surface area contributed by atoms with E-state index in [1.165, 1.54) is 0 Å². The topological polar surface area (TPSA) is 86.7 Å². The summed E-state index contributed by atoms with van der Waals surface area (Å²) in [6, 6.07) is 0. The molecule has 96 valence electrons. The number of carbonyl (C=O) groups is 4. The molecule has 0 saturated carbocycles. The normalized spacial score (nSPS) is 9.88.